The summed E-state index contributed by atoms with van der Waals surface area (Å²) in [5, 5.41) is 9.57. The number of benzene rings is 1. The molecule has 0 radical (unpaired) electrons. The van der Waals surface area contributed by atoms with Crippen molar-refractivity contribution in [2.24, 2.45) is 0 Å². The van der Waals surface area contributed by atoms with Gasteiger partial charge in [-0.05, 0) is 49.4 Å². The first-order valence-corrected chi connectivity index (χ1v) is 6.79. The number of hydrogen-bond donors (Lipinski definition) is 2. The Morgan fingerprint density at radius 3 is 2.77 bits per heavy atom. The van der Waals surface area contributed by atoms with Crippen LogP contribution in [0.4, 0.5) is 4.39 Å². The van der Waals surface area contributed by atoms with Gasteiger partial charge in [0.25, 0.3) is 5.91 Å². The first kappa shape index (κ1) is 14.1. The number of furan rings is 1. The van der Waals surface area contributed by atoms with Gasteiger partial charge < -0.3 is 9.73 Å². The van der Waals surface area contributed by atoms with Crippen LogP contribution in [-0.4, -0.2) is 16.1 Å². The van der Waals surface area contributed by atoms with Gasteiger partial charge in [0.15, 0.2) is 0 Å². The Morgan fingerprint density at radius 2 is 2.09 bits per heavy atom. The molecule has 0 aliphatic heterocycles. The van der Waals surface area contributed by atoms with Crippen molar-refractivity contribution >= 4 is 5.91 Å². The fourth-order valence-corrected chi connectivity index (χ4v) is 2.09. The Balaban J connectivity index is 1.73. The predicted octanol–water partition coefficient (Wildman–Crippen LogP) is 3.30. The Morgan fingerprint density at radius 1 is 1.32 bits per heavy atom. The zero-order chi connectivity index (χ0) is 15.5. The van der Waals surface area contributed by atoms with Gasteiger partial charge in [0.2, 0.25) is 0 Å². The largest absolute Gasteiger partial charge is 0.467 e. The lowest BCUT2D eigenvalue weighted by molar-refractivity contribution is 0.0930. The van der Waals surface area contributed by atoms with Crippen LogP contribution in [0.25, 0.3) is 11.3 Å². The zero-order valence-electron chi connectivity index (χ0n) is 11.8. The van der Waals surface area contributed by atoms with Gasteiger partial charge in [-0.15, -0.1) is 0 Å². The lowest BCUT2D eigenvalue weighted by Crippen LogP contribution is -2.26. The van der Waals surface area contributed by atoms with Crippen LogP contribution >= 0.6 is 0 Å². The number of aromatic nitrogens is 2. The molecule has 3 aromatic rings. The molecule has 3 rings (SSSR count). The SMILES string of the molecule is C[C@@H](NC(=O)c1cc(-c2ccc(F)cc2)n[nH]1)c1ccco1. The molecule has 0 bridgehead atoms. The quantitative estimate of drug-likeness (QED) is 0.776. The van der Waals surface area contributed by atoms with E-state index in [-0.39, 0.29) is 17.8 Å². The van der Waals surface area contributed by atoms with Gasteiger partial charge in [0.1, 0.15) is 17.3 Å². The number of aromatic amines is 1. The predicted molar refractivity (Wildman–Crippen MR) is 78.6 cm³/mol. The molecule has 1 aromatic carbocycles. The van der Waals surface area contributed by atoms with E-state index < -0.39 is 0 Å². The van der Waals surface area contributed by atoms with Crippen LogP contribution in [0, 0.1) is 5.82 Å². The fourth-order valence-electron chi connectivity index (χ4n) is 2.09. The van der Waals surface area contributed by atoms with E-state index in [1.165, 1.54) is 12.1 Å². The standard InChI is InChI=1S/C16H14FN3O2/c1-10(15-3-2-8-22-15)18-16(21)14-9-13(19-20-14)11-4-6-12(17)7-5-11/h2-10H,1H3,(H,18,21)(H,19,20)/t10-/m1/s1. The molecule has 112 valence electrons. The molecule has 0 fully saturated rings. The number of amides is 1. The van der Waals surface area contributed by atoms with Gasteiger partial charge >= 0.3 is 0 Å². The molecule has 0 unspecified atom stereocenters. The van der Waals surface area contributed by atoms with Crippen molar-refractivity contribution < 1.29 is 13.6 Å². The van der Waals surface area contributed by atoms with Crippen molar-refractivity contribution in [1.82, 2.24) is 15.5 Å². The number of hydrogen-bond acceptors (Lipinski definition) is 3. The summed E-state index contributed by atoms with van der Waals surface area (Å²) >= 11 is 0. The average molecular weight is 299 g/mol. The second-order valence-corrected chi connectivity index (χ2v) is 4.88. The number of rotatable bonds is 4. The van der Waals surface area contributed by atoms with Gasteiger partial charge in [-0.1, -0.05) is 0 Å². The number of carbonyl (C=O) groups excluding carboxylic acids is 1. The molecule has 0 aliphatic carbocycles. The minimum Gasteiger partial charge on any atom is -0.467 e. The lowest BCUT2D eigenvalue weighted by atomic mass is 10.1. The smallest absolute Gasteiger partial charge is 0.269 e. The van der Waals surface area contributed by atoms with E-state index in [4.69, 9.17) is 4.42 Å². The fraction of sp³-hybridized carbons (Fsp3) is 0.125. The highest BCUT2D eigenvalue weighted by molar-refractivity contribution is 5.93. The van der Waals surface area contributed by atoms with Crippen LogP contribution in [0.15, 0.2) is 53.1 Å². The molecule has 0 saturated carbocycles. The van der Waals surface area contributed by atoms with Crippen LogP contribution in [0.2, 0.25) is 0 Å². The molecular weight excluding hydrogens is 285 g/mol. The van der Waals surface area contributed by atoms with Gasteiger partial charge in [0.05, 0.1) is 18.0 Å². The number of H-pyrrole nitrogens is 1. The van der Waals surface area contributed by atoms with E-state index >= 15 is 0 Å². The second kappa shape index (κ2) is 5.85. The second-order valence-electron chi connectivity index (χ2n) is 4.88. The van der Waals surface area contributed by atoms with E-state index in [2.05, 4.69) is 15.5 Å². The molecule has 6 heteroatoms. The Bertz CT molecular complexity index is 763. The summed E-state index contributed by atoms with van der Waals surface area (Å²) in [6, 6.07) is 10.9. The summed E-state index contributed by atoms with van der Waals surface area (Å²) in [5.41, 5.74) is 1.64. The Labute approximate surface area is 126 Å². The molecule has 0 aliphatic rings. The van der Waals surface area contributed by atoms with Crippen LogP contribution in [0.1, 0.15) is 29.2 Å². The maximum Gasteiger partial charge on any atom is 0.269 e. The molecule has 1 amide bonds. The molecule has 22 heavy (non-hydrogen) atoms. The number of nitrogens with zero attached hydrogens (tertiary/aromatic N) is 1. The highest BCUT2D eigenvalue weighted by atomic mass is 19.1. The maximum atomic E-state index is 12.9. The van der Waals surface area contributed by atoms with Crippen molar-refractivity contribution in [2.75, 3.05) is 0 Å². The van der Waals surface area contributed by atoms with Crippen LogP contribution < -0.4 is 5.32 Å². The normalized spacial score (nSPS) is 12.1. The highest BCUT2D eigenvalue weighted by Crippen LogP contribution is 2.19. The van der Waals surface area contributed by atoms with E-state index in [0.29, 0.717) is 17.1 Å². The molecule has 2 heterocycles. The molecule has 2 N–H and O–H groups in total. The van der Waals surface area contributed by atoms with Gasteiger partial charge in [-0.25, -0.2) is 4.39 Å². The van der Waals surface area contributed by atoms with Gasteiger partial charge in [-0.2, -0.15) is 5.10 Å². The third-order valence-electron chi connectivity index (χ3n) is 3.28. The van der Waals surface area contributed by atoms with E-state index in [1.807, 2.05) is 6.92 Å². The summed E-state index contributed by atoms with van der Waals surface area (Å²) in [6.07, 6.45) is 1.56. The third-order valence-corrected chi connectivity index (χ3v) is 3.28. The first-order valence-electron chi connectivity index (χ1n) is 6.79. The average Bonchev–Trinajstić information content (AvgIpc) is 3.20. The number of halogens is 1. The van der Waals surface area contributed by atoms with E-state index in [0.717, 1.165) is 5.56 Å². The topological polar surface area (TPSA) is 70.9 Å². The molecule has 1 atom stereocenters. The van der Waals surface area contributed by atoms with Crippen LogP contribution in [-0.2, 0) is 0 Å². The van der Waals surface area contributed by atoms with Crippen molar-refractivity contribution in [3.63, 3.8) is 0 Å². The number of nitrogens with one attached hydrogen (secondary N) is 2. The maximum absolute atomic E-state index is 12.9. The van der Waals surface area contributed by atoms with Crippen molar-refractivity contribution in [1.29, 1.82) is 0 Å². The van der Waals surface area contributed by atoms with Gasteiger partial charge in [0, 0.05) is 5.56 Å². The summed E-state index contributed by atoms with van der Waals surface area (Å²) in [4.78, 5) is 12.2. The van der Waals surface area contributed by atoms with E-state index in [9.17, 15) is 9.18 Å². The summed E-state index contributed by atoms with van der Waals surface area (Å²) < 4.78 is 18.2. The number of carbonyl (C=O) groups is 1. The molecule has 0 spiro atoms. The molecule has 5 nitrogen and oxygen atoms in total. The van der Waals surface area contributed by atoms with Crippen molar-refractivity contribution in [3.05, 3.63) is 66.0 Å². The zero-order valence-corrected chi connectivity index (χ0v) is 11.8. The lowest BCUT2D eigenvalue weighted by Gasteiger charge is -2.09. The summed E-state index contributed by atoms with van der Waals surface area (Å²) in [5.74, 6) is 0.0703. The third kappa shape index (κ3) is 2.90. The monoisotopic (exact) mass is 299 g/mol. The van der Waals surface area contributed by atoms with Crippen molar-refractivity contribution in [2.45, 2.75) is 13.0 Å². The molecule has 2 aromatic heterocycles. The molecular formula is C16H14FN3O2. The first-order chi connectivity index (χ1) is 10.6. The highest BCUT2D eigenvalue weighted by Gasteiger charge is 2.16. The summed E-state index contributed by atoms with van der Waals surface area (Å²) in [7, 11) is 0. The molecule has 0 saturated heterocycles. The Kier molecular flexibility index (Phi) is 3.74. The van der Waals surface area contributed by atoms with E-state index in [1.54, 1.807) is 36.6 Å². The summed E-state index contributed by atoms with van der Waals surface area (Å²) in [6.45, 7) is 1.83. The van der Waals surface area contributed by atoms with Crippen LogP contribution in [0.3, 0.4) is 0 Å². The van der Waals surface area contributed by atoms with Crippen LogP contribution in [0.5, 0.6) is 0 Å². The van der Waals surface area contributed by atoms with Crippen molar-refractivity contribution in [3.8, 4) is 11.3 Å². The Hall–Kier alpha value is -2.89. The minimum atomic E-state index is -0.315. The minimum absolute atomic E-state index is 0.250. The van der Waals surface area contributed by atoms with Gasteiger partial charge in [-0.3, -0.25) is 9.89 Å².